The van der Waals surface area contributed by atoms with Crippen LogP contribution in [0.2, 0.25) is 0 Å². The van der Waals surface area contributed by atoms with E-state index >= 15 is 0 Å². The van der Waals surface area contributed by atoms with Gasteiger partial charge in [-0.3, -0.25) is 14.5 Å². The van der Waals surface area contributed by atoms with Crippen LogP contribution in [0.4, 0.5) is 0 Å². The molecule has 6 heteroatoms. The van der Waals surface area contributed by atoms with E-state index in [2.05, 4.69) is 30.0 Å². The third kappa shape index (κ3) is 4.96. The molecule has 2 N–H and O–H groups in total. The molecule has 1 saturated heterocycles. The molecule has 1 fully saturated rings. The van der Waals surface area contributed by atoms with Crippen LogP contribution in [0, 0.1) is 12.3 Å². The topological polar surface area (TPSA) is 77.6 Å². The zero-order valence-electron chi connectivity index (χ0n) is 19.5. The van der Waals surface area contributed by atoms with Gasteiger partial charge in [-0.2, -0.15) is 0 Å². The first-order valence-electron chi connectivity index (χ1n) is 11.7. The molecule has 0 aliphatic carbocycles. The Bertz CT molecular complexity index is 1150. The predicted octanol–water partition coefficient (Wildman–Crippen LogP) is 3.82. The van der Waals surface area contributed by atoms with Crippen LogP contribution < -0.4 is 5.73 Å². The summed E-state index contributed by atoms with van der Waals surface area (Å²) in [5.41, 5.74) is 9.45. The number of fused-ring (bicyclic) bond motifs is 1. The monoisotopic (exact) mass is 447 g/mol. The molecule has 1 aromatic heterocycles. The number of hydrogen-bond acceptors (Lipinski definition) is 4. The van der Waals surface area contributed by atoms with Gasteiger partial charge in [0.05, 0.1) is 12.0 Å². The summed E-state index contributed by atoms with van der Waals surface area (Å²) < 4.78 is 7.51. The number of esters is 1. The third-order valence-electron chi connectivity index (χ3n) is 6.75. The summed E-state index contributed by atoms with van der Waals surface area (Å²) in [6.07, 6.45) is 4.46. The Morgan fingerprint density at radius 1 is 1.09 bits per heavy atom. The Morgan fingerprint density at radius 2 is 1.85 bits per heavy atom. The Labute approximate surface area is 195 Å². The fraction of sp³-hybridized carbons (Fsp3) is 0.407. The zero-order chi connectivity index (χ0) is 23.4. The van der Waals surface area contributed by atoms with Crippen LogP contribution in [0.25, 0.3) is 10.9 Å². The molecule has 1 amide bonds. The maximum Gasteiger partial charge on any atom is 0.313 e. The smallest absolute Gasteiger partial charge is 0.313 e. The molecule has 1 aliphatic heterocycles. The molecule has 0 radical (unpaired) electrons. The van der Waals surface area contributed by atoms with Crippen molar-refractivity contribution in [2.45, 2.75) is 46.2 Å². The molecule has 3 aromatic rings. The van der Waals surface area contributed by atoms with Crippen LogP contribution >= 0.6 is 0 Å². The van der Waals surface area contributed by atoms with Crippen molar-refractivity contribution in [2.24, 2.45) is 11.1 Å². The lowest BCUT2D eigenvalue weighted by atomic mass is 9.74. The summed E-state index contributed by atoms with van der Waals surface area (Å²) >= 11 is 0. The quantitative estimate of drug-likeness (QED) is 0.533. The maximum atomic E-state index is 13.3. The number of para-hydroxylation sites is 1. The van der Waals surface area contributed by atoms with Crippen LogP contribution in [0.1, 0.15) is 36.5 Å². The minimum Gasteiger partial charge on any atom is -0.466 e. The lowest BCUT2D eigenvalue weighted by molar-refractivity contribution is -0.159. The van der Waals surface area contributed by atoms with E-state index in [1.54, 1.807) is 0 Å². The summed E-state index contributed by atoms with van der Waals surface area (Å²) in [4.78, 5) is 27.2. The van der Waals surface area contributed by atoms with Crippen molar-refractivity contribution in [3.05, 3.63) is 71.4 Å². The fourth-order valence-electron chi connectivity index (χ4n) is 5.19. The van der Waals surface area contributed by atoms with Gasteiger partial charge in [-0.05, 0) is 62.4 Å². The van der Waals surface area contributed by atoms with Gasteiger partial charge in [0.2, 0.25) is 5.91 Å². The highest BCUT2D eigenvalue weighted by Gasteiger charge is 2.43. The molecule has 33 heavy (non-hydrogen) atoms. The van der Waals surface area contributed by atoms with E-state index in [4.69, 9.17) is 10.5 Å². The number of aromatic nitrogens is 1. The number of nitrogens with two attached hydrogens (primary N) is 1. The van der Waals surface area contributed by atoms with Crippen molar-refractivity contribution < 1.29 is 14.3 Å². The van der Waals surface area contributed by atoms with Gasteiger partial charge in [0.1, 0.15) is 6.54 Å². The van der Waals surface area contributed by atoms with E-state index in [9.17, 15) is 9.59 Å². The Morgan fingerprint density at radius 3 is 2.61 bits per heavy atom. The number of carbonyl (C=O) groups is 2. The van der Waals surface area contributed by atoms with Crippen LogP contribution in [0.3, 0.4) is 0 Å². The second-order valence-electron chi connectivity index (χ2n) is 9.18. The number of amides is 1. The van der Waals surface area contributed by atoms with Gasteiger partial charge in [0, 0.05) is 30.2 Å². The lowest BCUT2D eigenvalue weighted by Crippen LogP contribution is -2.49. The van der Waals surface area contributed by atoms with Gasteiger partial charge in [0.25, 0.3) is 0 Å². The van der Waals surface area contributed by atoms with Crippen LogP contribution in [0.5, 0.6) is 0 Å². The van der Waals surface area contributed by atoms with Crippen molar-refractivity contribution in [2.75, 3.05) is 19.7 Å². The Hall–Kier alpha value is -3.12. The molecule has 2 aromatic carbocycles. The van der Waals surface area contributed by atoms with E-state index in [1.807, 2.05) is 48.0 Å². The molecule has 1 atom stereocenters. The van der Waals surface area contributed by atoms with Gasteiger partial charge in [-0.1, -0.05) is 42.5 Å². The van der Waals surface area contributed by atoms with E-state index in [1.165, 1.54) is 11.1 Å². The highest BCUT2D eigenvalue weighted by molar-refractivity contribution is 5.86. The number of carbonyl (C=O) groups excluding carboxylic acids is 2. The summed E-state index contributed by atoms with van der Waals surface area (Å²) in [5.74, 6) is -0.464. The number of piperidine rings is 1. The first-order chi connectivity index (χ1) is 15.9. The number of primary amides is 1. The zero-order valence-corrected chi connectivity index (χ0v) is 19.5. The Kier molecular flexibility index (Phi) is 6.84. The number of aryl methyl sites for hydroxylation is 1. The SMILES string of the molecule is CCOC(=O)C1(Cc2ccccc2C)CCCN(Cc2cn(CC(N)=O)c3ccccc23)C1. The van der Waals surface area contributed by atoms with Crippen molar-refractivity contribution in [1.29, 1.82) is 0 Å². The van der Waals surface area contributed by atoms with E-state index in [0.29, 0.717) is 26.1 Å². The van der Waals surface area contributed by atoms with E-state index in [-0.39, 0.29) is 18.4 Å². The molecule has 0 saturated carbocycles. The van der Waals surface area contributed by atoms with Gasteiger partial charge in [0.15, 0.2) is 0 Å². The second-order valence-corrected chi connectivity index (χ2v) is 9.18. The fourth-order valence-corrected chi connectivity index (χ4v) is 5.19. The van der Waals surface area contributed by atoms with Gasteiger partial charge >= 0.3 is 5.97 Å². The molecular formula is C27H33N3O3. The average molecular weight is 448 g/mol. The minimum atomic E-state index is -0.564. The average Bonchev–Trinajstić information content (AvgIpc) is 3.12. The largest absolute Gasteiger partial charge is 0.466 e. The minimum absolute atomic E-state index is 0.103. The molecule has 1 unspecified atom stereocenters. The molecule has 4 rings (SSSR count). The first kappa shape index (κ1) is 23.1. The van der Waals surface area contributed by atoms with Crippen LogP contribution in [-0.2, 0) is 33.8 Å². The highest BCUT2D eigenvalue weighted by Crippen LogP contribution is 2.37. The third-order valence-corrected chi connectivity index (χ3v) is 6.75. The van der Waals surface area contributed by atoms with Gasteiger partial charge in [-0.15, -0.1) is 0 Å². The standard InChI is InChI=1S/C27H33N3O3/c1-3-33-26(32)27(15-21-10-5-4-9-20(21)2)13-8-14-29(19-27)16-22-17-30(18-25(28)31)24-12-7-6-11-23(22)24/h4-7,9-12,17H,3,8,13-16,18-19H2,1-2H3,(H2,28,31). The Balaban J connectivity index is 1.62. The molecule has 6 nitrogen and oxygen atoms in total. The normalized spacial score (nSPS) is 19.0. The van der Waals surface area contributed by atoms with Gasteiger partial charge in [-0.25, -0.2) is 0 Å². The van der Waals surface area contributed by atoms with Crippen molar-refractivity contribution in [3.63, 3.8) is 0 Å². The van der Waals surface area contributed by atoms with E-state index < -0.39 is 5.41 Å². The molecule has 0 bridgehead atoms. The number of ether oxygens (including phenoxy) is 1. The number of hydrogen-bond donors (Lipinski definition) is 1. The number of rotatable bonds is 8. The van der Waals surface area contributed by atoms with E-state index in [0.717, 1.165) is 35.9 Å². The maximum absolute atomic E-state index is 13.3. The number of nitrogens with zero attached hydrogens (tertiary/aromatic N) is 2. The van der Waals surface area contributed by atoms with Crippen LogP contribution in [0.15, 0.2) is 54.7 Å². The molecule has 2 heterocycles. The molecule has 1 aliphatic rings. The van der Waals surface area contributed by atoms with Crippen LogP contribution in [-0.4, -0.2) is 41.0 Å². The molecule has 0 spiro atoms. The second kappa shape index (κ2) is 9.79. The van der Waals surface area contributed by atoms with Crippen molar-refractivity contribution in [3.8, 4) is 0 Å². The first-order valence-corrected chi connectivity index (χ1v) is 11.7. The summed E-state index contributed by atoms with van der Waals surface area (Å²) in [7, 11) is 0. The van der Waals surface area contributed by atoms with Gasteiger partial charge < -0.3 is 15.0 Å². The summed E-state index contributed by atoms with van der Waals surface area (Å²) in [6, 6.07) is 16.4. The summed E-state index contributed by atoms with van der Waals surface area (Å²) in [6.45, 7) is 6.78. The van der Waals surface area contributed by atoms with Crippen molar-refractivity contribution >= 4 is 22.8 Å². The summed E-state index contributed by atoms with van der Waals surface area (Å²) in [5, 5.41) is 1.12. The lowest BCUT2D eigenvalue weighted by Gasteiger charge is -2.41. The highest BCUT2D eigenvalue weighted by atomic mass is 16.5. The predicted molar refractivity (Wildman–Crippen MR) is 130 cm³/mol. The number of likely N-dealkylation sites (tertiary alicyclic amines) is 1. The number of benzene rings is 2. The van der Waals surface area contributed by atoms with Crippen molar-refractivity contribution in [1.82, 2.24) is 9.47 Å². The molecule has 174 valence electrons. The molecular weight excluding hydrogens is 414 g/mol.